The van der Waals surface area contributed by atoms with Gasteiger partial charge in [0.2, 0.25) is 0 Å². The fourth-order valence-electron chi connectivity index (χ4n) is 2.70. The van der Waals surface area contributed by atoms with Crippen molar-refractivity contribution in [1.82, 2.24) is 0 Å². The van der Waals surface area contributed by atoms with Crippen molar-refractivity contribution in [2.75, 3.05) is 11.5 Å². The second-order valence-electron chi connectivity index (χ2n) is 6.00. The second kappa shape index (κ2) is 5.26. The van der Waals surface area contributed by atoms with Gasteiger partial charge in [-0.25, -0.2) is 0 Å². The van der Waals surface area contributed by atoms with Gasteiger partial charge in [-0.1, -0.05) is 51.5 Å². The van der Waals surface area contributed by atoms with Gasteiger partial charge in [-0.2, -0.15) is 11.8 Å². The predicted molar refractivity (Wildman–Crippen MR) is 80.1 cm³/mol. The Hall–Kier alpha value is -0.470. The summed E-state index contributed by atoms with van der Waals surface area (Å²) in [6.45, 7) is 6.58. The van der Waals surface area contributed by atoms with E-state index in [-0.39, 0.29) is 5.41 Å². The molecule has 1 saturated heterocycles. The van der Waals surface area contributed by atoms with Crippen molar-refractivity contribution in [3.05, 3.63) is 35.4 Å². The van der Waals surface area contributed by atoms with Crippen LogP contribution in [-0.4, -0.2) is 16.6 Å². The van der Waals surface area contributed by atoms with E-state index in [0.717, 1.165) is 36.3 Å². The summed E-state index contributed by atoms with van der Waals surface area (Å²) in [6, 6.07) is 8.55. The third-order valence-corrected chi connectivity index (χ3v) is 5.36. The standard InChI is InChI=1S/C16H24OS/c1-4-6-13-7-5-8-14(11-13)16(17)12-18-10-9-15(16,2)3/h5,7-8,11,17H,4,6,9-10,12H2,1-3H3. The first-order chi connectivity index (χ1) is 8.49. The highest BCUT2D eigenvalue weighted by molar-refractivity contribution is 7.99. The maximum Gasteiger partial charge on any atom is 0.104 e. The molecule has 1 atom stereocenters. The minimum Gasteiger partial charge on any atom is -0.384 e. The Balaban J connectivity index is 2.36. The van der Waals surface area contributed by atoms with Crippen LogP contribution in [0.15, 0.2) is 24.3 Å². The van der Waals surface area contributed by atoms with Crippen LogP contribution >= 0.6 is 11.8 Å². The van der Waals surface area contributed by atoms with Crippen LogP contribution in [0.1, 0.15) is 44.7 Å². The predicted octanol–water partition coefficient (Wildman–Crippen LogP) is 3.99. The molecule has 1 aliphatic heterocycles. The summed E-state index contributed by atoms with van der Waals surface area (Å²) in [6.07, 6.45) is 3.32. The molecule has 1 aromatic carbocycles. The maximum absolute atomic E-state index is 11.1. The first-order valence-electron chi connectivity index (χ1n) is 6.89. The lowest BCUT2D eigenvalue weighted by molar-refractivity contribution is -0.0579. The lowest BCUT2D eigenvalue weighted by Crippen LogP contribution is -2.47. The van der Waals surface area contributed by atoms with Crippen molar-refractivity contribution in [3.8, 4) is 0 Å². The van der Waals surface area contributed by atoms with Crippen LogP contribution < -0.4 is 0 Å². The highest BCUT2D eigenvalue weighted by Gasteiger charge is 2.46. The molecule has 1 fully saturated rings. The molecule has 18 heavy (non-hydrogen) atoms. The maximum atomic E-state index is 11.1. The van der Waals surface area contributed by atoms with Crippen LogP contribution in [0.25, 0.3) is 0 Å². The van der Waals surface area contributed by atoms with E-state index >= 15 is 0 Å². The van der Waals surface area contributed by atoms with Gasteiger partial charge in [0.1, 0.15) is 5.60 Å². The Morgan fingerprint density at radius 3 is 2.78 bits per heavy atom. The number of aryl methyl sites for hydroxylation is 1. The number of benzene rings is 1. The molecule has 2 rings (SSSR count). The van der Waals surface area contributed by atoms with E-state index in [2.05, 4.69) is 45.0 Å². The highest BCUT2D eigenvalue weighted by Crippen LogP contribution is 2.48. The van der Waals surface area contributed by atoms with Crippen molar-refractivity contribution < 1.29 is 5.11 Å². The first kappa shape index (κ1) is 14.0. The van der Waals surface area contributed by atoms with Crippen molar-refractivity contribution in [1.29, 1.82) is 0 Å². The molecule has 0 bridgehead atoms. The number of hydrogen-bond donors (Lipinski definition) is 1. The average molecular weight is 264 g/mol. The van der Waals surface area contributed by atoms with Crippen molar-refractivity contribution in [2.24, 2.45) is 5.41 Å². The molecule has 0 aromatic heterocycles. The largest absolute Gasteiger partial charge is 0.384 e. The molecule has 0 radical (unpaired) electrons. The Bertz CT molecular complexity index is 413. The van der Waals surface area contributed by atoms with Crippen LogP contribution in [0.2, 0.25) is 0 Å². The number of thioether (sulfide) groups is 1. The number of rotatable bonds is 3. The number of hydrogen-bond acceptors (Lipinski definition) is 2. The zero-order valence-electron chi connectivity index (χ0n) is 11.7. The highest BCUT2D eigenvalue weighted by atomic mass is 32.2. The summed E-state index contributed by atoms with van der Waals surface area (Å²) in [5.74, 6) is 1.97. The Labute approximate surface area is 115 Å². The summed E-state index contributed by atoms with van der Waals surface area (Å²) in [5, 5.41) is 11.1. The molecule has 1 nitrogen and oxygen atoms in total. The third kappa shape index (κ3) is 2.46. The Morgan fingerprint density at radius 2 is 2.11 bits per heavy atom. The molecular weight excluding hydrogens is 240 g/mol. The smallest absolute Gasteiger partial charge is 0.104 e. The topological polar surface area (TPSA) is 20.2 Å². The van der Waals surface area contributed by atoms with Crippen LogP contribution in [0.3, 0.4) is 0 Å². The van der Waals surface area contributed by atoms with E-state index < -0.39 is 5.60 Å². The van der Waals surface area contributed by atoms with Gasteiger partial charge in [0, 0.05) is 5.75 Å². The molecule has 1 unspecified atom stereocenters. The van der Waals surface area contributed by atoms with Gasteiger partial charge < -0.3 is 5.11 Å². The lowest BCUT2D eigenvalue weighted by Gasteiger charge is -2.46. The van der Waals surface area contributed by atoms with E-state index in [9.17, 15) is 5.11 Å². The molecule has 1 aromatic rings. The van der Waals surface area contributed by atoms with Crippen molar-refractivity contribution in [2.45, 2.75) is 45.6 Å². The lowest BCUT2D eigenvalue weighted by atomic mass is 9.69. The van der Waals surface area contributed by atoms with E-state index in [0.29, 0.717) is 0 Å². The Morgan fingerprint density at radius 1 is 1.33 bits per heavy atom. The fraction of sp³-hybridized carbons (Fsp3) is 0.625. The quantitative estimate of drug-likeness (QED) is 0.891. The minimum absolute atomic E-state index is 0.0386. The first-order valence-corrected chi connectivity index (χ1v) is 8.04. The van der Waals surface area contributed by atoms with E-state index in [1.807, 2.05) is 11.8 Å². The number of aliphatic hydroxyl groups is 1. The van der Waals surface area contributed by atoms with E-state index in [1.54, 1.807) is 0 Å². The van der Waals surface area contributed by atoms with Gasteiger partial charge in [0.15, 0.2) is 0 Å². The summed E-state index contributed by atoms with van der Waals surface area (Å²) in [4.78, 5) is 0. The molecule has 1 N–H and O–H groups in total. The second-order valence-corrected chi connectivity index (χ2v) is 7.10. The van der Waals surface area contributed by atoms with Crippen LogP contribution in [0, 0.1) is 5.41 Å². The van der Waals surface area contributed by atoms with Gasteiger partial charge >= 0.3 is 0 Å². The molecular formula is C16H24OS. The Kier molecular flexibility index (Phi) is 4.08. The fourth-order valence-corrected chi connectivity index (χ4v) is 4.35. The summed E-state index contributed by atoms with van der Waals surface area (Å²) in [7, 11) is 0. The zero-order valence-corrected chi connectivity index (χ0v) is 12.5. The summed E-state index contributed by atoms with van der Waals surface area (Å²) < 4.78 is 0. The van der Waals surface area contributed by atoms with Crippen LogP contribution in [-0.2, 0) is 12.0 Å². The molecule has 0 spiro atoms. The van der Waals surface area contributed by atoms with E-state index in [4.69, 9.17) is 0 Å². The van der Waals surface area contributed by atoms with Crippen LogP contribution in [0.4, 0.5) is 0 Å². The molecule has 100 valence electrons. The molecule has 0 amide bonds. The molecule has 2 heteroatoms. The summed E-state index contributed by atoms with van der Waals surface area (Å²) >= 11 is 1.87. The zero-order chi connectivity index (χ0) is 13.2. The van der Waals surface area contributed by atoms with Gasteiger partial charge in [-0.3, -0.25) is 0 Å². The van der Waals surface area contributed by atoms with E-state index in [1.165, 1.54) is 5.56 Å². The molecule has 1 aliphatic rings. The molecule has 0 saturated carbocycles. The third-order valence-electron chi connectivity index (χ3n) is 4.25. The average Bonchev–Trinajstić information content (AvgIpc) is 2.34. The molecule has 0 aliphatic carbocycles. The minimum atomic E-state index is -0.681. The van der Waals surface area contributed by atoms with Crippen molar-refractivity contribution >= 4 is 11.8 Å². The monoisotopic (exact) mass is 264 g/mol. The summed E-state index contributed by atoms with van der Waals surface area (Å²) in [5.41, 5.74) is 1.73. The van der Waals surface area contributed by atoms with Gasteiger partial charge in [-0.15, -0.1) is 0 Å². The van der Waals surface area contributed by atoms with Gasteiger partial charge in [0.05, 0.1) is 0 Å². The van der Waals surface area contributed by atoms with Gasteiger partial charge in [0.25, 0.3) is 0 Å². The van der Waals surface area contributed by atoms with Gasteiger partial charge in [-0.05, 0) is 35.1 Å². The normalized spacial score (nSPS) is 27.1. The SMILES string of the molecule is CCCc1cccc(C2(O)CSCCC2(C)C)c1. The van der Waals surface area contributed by atoms with Crippen molar-refractivity contribution in [3.63, 3.8) is 0 Å². The van der Waals surface area contributed by atoms with Crippen LogP contribution in [0.5, 0.6) is 0 Å². The molecule has 1 heterocycles.